The van der Waals surface area contributed by atoms with Gasteiger partial charge in [0.05, 0.1) is 6.26 Å². The third-order valence-electron chi connectivity index (χ3n) is 2.80. The first kappa shape index (κ1) is 11.4. The van der Waals surface area contributed by atoms with Crippen molar-refractivity contribution in [2.24, 2.45) is 0 Å². The van der Waals surface area contributed by atoms with Crippen molar-refractivity contribution in [1.82, 2.24) is 4.72 Å². The van der Waals surface area contributed by atoms with Crippen LogP contribution in [0.25, 0.3) is 0 Å². The van der Waals surface area contributed by atoms with Crippen LogP contribution in [0.4, 0.5) is 5.69 Å². The standard InChI is InChI=1S/C11H16N2O2S/c1-16(14,15)13-7-6-9-8-12-11-5-3-2-4-10(9)11/h2-5,9,12-13H,6-8H2,1H3. The van der Waals surface area contributed by atoms with Crippen LogP contribution in [0.3, 0.4) is 0 Å². The highest BCUT2D eigenvalue weighted by molar-refractivity contribution is 7.88. The molecular formula is C11H16N2O2S. The smallest absolute Gasteiger partial charge is 0.208 e. The van der Waals surface area contributed by atoms with E-state index in [9.17, 15) is 8.42 Å². The van der Waals surface area contributed by atoms with Crippen LogP contribution in [-0.2, 0) is 10.0 Å². The highest BCUT2D eigenvalue weighted by atomic mass is 32.2. The van der Waals surface area contributed by atoms with Crippen LogP contribution in [-0.4, -0.2) is 27.8 Å². The zero-order valence-corrected chi connectivity index (χ0v) is 10.0. The molecule has 2 rings (SSSR count). The minimum absolute atomic E-state index is 0.408. The molecule has 1 aromatic carbocycles. The Morgan fingerprint density at radius 1 is 1.44 bits per heavy atom. The summed E-state index contributed by atoms with van der Waals surface area (Å²) in [4.78, 5) is 0. The number of hydrogen-bond acceptors (Lipinski definition) is 3. The monoisotopic (exact) mass is 240 g/mol. The third-order valence-corrected chi connectivity index (χ3v) is 3.53. The van der Waals surface area contributed by atoms with Crippen LogP contribution in [0.15, 0.2) is 24.3 Å². The molecule has 16 heavy (non-hydrogen) atoms. The normalized spacial score (nSPS) is 19.2. The molecule has 1 atom stereocenters. The fourth-order valence-corrected chi connectivity index (χ4v) is 2.52. The molecule has 0 aromatic heterocycles. The van der Waals surface area contributed by atoms with Gasteiger partial charge in [-0.1, -0.05) is 18.2 Å². The molecule has 88 valence electrons. The summed E-state index contributed by atoms with van der Waals surface area (Å²) in [6.07, 6.45) is 2.02. The van der Waals surface area contributed by atoms with Gasteiger partial charge in [0, 0.05) is 24.7 Å². The van der Waals surface area contributed by atoms with Gasteiger partial charge in [-0.15, -0.1) is 0 Å². The van der Waals surface area contributed by atoms with Gasteiger partial charge in [-0.3, -0.25) is 0 Å². The number of rotatable bonds is 4. The molecule has 0 fully saturated rings. The second-order valence-corrected chi connectivity index (χ2v) is 5.95. The van der Waals surface area contributed by atoms with E-state index in [-0.39, 0.29) is 0 Å². The number of anilines is 1. The molecule has 5 heteroatoms. The van der Waals surface area contributed by atoms with E-state index in [1.807, 2.05) is 12.1 Å². The molecule has 0 aliphatic carbocycles. The van der Waals surface area contributed by atoms with Crippen LogP contribution in [0.5, 0.6) is 0 Å². The number of fused-ring (bicyclic) bond motifs is 1. The van der Waals surface area contributed by atoms with E-state index in [0.717, 1.165) is 13.0 Å². The summed E-state index contributed by atoms with van der Waals surface area (Å²) in [5.74, 6) is 0.408. The Labute approximate surface area is 96.1 Å². The molecule has 0 radical (unpaired) electrons. The van der Waals surface area contributed by atoms with E-state index in [4.69, 9.17) is 0 Å². The average molecular weight is 240 g/mol. The lowest BCUT2D eigenvalue weighted by Gasteiger charge is -2.09. The van der Waals surface area contributed by atoms with Crippen molar-refractivity contribution in [3.8, 4) is 0 Å². The highest BCUT2D eigenvalue weighted by Gasteiger charge is 2.21. The summed E-state index contributed by atoms with van der Waals surface area (Å²) in [7, 11) is -3.06. The molecule has 0 saturated carbocycles. The van der Waals surface area contributed by atoms with Gasteiger partial charge in [-0.2, -0.15) is 0 Å². The quantitative estimate of drug-likeness (QED) is 0.829. The van der Waals surface area contributed by atoms with Crippen LogP contribution >= 0.6 is 0 Å². The fraction of sp³-hybridized carbons (Fsp3) is 0.455. The minimum atomic E-state index is -3.06. The molecule has 0 bridgehead atoms. The van der Waals surface area contributed by atoms with E-state index >= 15 is 0 Å². The highest BCUT2D eigenvalue weighted by Crippen LogP contribution is 2.32. The number of para-hydroxylation sites is 1. The molecule has 1 aliphatic rings. The van der Waals surface area contributed by atoms with Crippen LogP contribution in [0, 0.1) is 0 Å². The van der Waals surface area contributed by atoms with Gasteiger partial charge < -0.3 is 5.32 Å². The van der Waals surface area contributed by atoms with Crippen molar-refractivity contribution in [1.29, 1.82) is 0 Å². The first-order chi connectivity index (χ1) is 7.56. The average Bonchev–Trinajstić information content (AvgIpc) is 2.60. The first-order valence-electron chi connectivity index (χ1n) is 5.34. The minimum Gasteiger partial charge on any atom is -0.384 e. The second-order valence-electron chi connectivity index (χ2n) is 4.12. The van der Waals surface area contributed by atoms with Gasteiger partial charge in [0.1, 0.15) is 0 Å². The van der Waals surface area contributed by atoms with Crippen LogP contribution < -0.4 is 10.0 Å². The lowest BCUT2D eigenvalue weighted by molar-refractivity contribution is 0.578. The second kappa shape index (κ2) is 4.43. The molecule has 0 saturated heterocycles. The Morgan fingerprint density at radius 2 is 2.19 bits per heavy atom. The largest absolute Gasteiger partial charge is 0.384 e. The van der Waals surface area contributed by atoms with Crippen molar-refractivity contribution < 1.29 is 8.42 Å². The van der Waals surface area contributed by atoms with Gasteiger partial charge in [-0.05, 0) is 18.1 Å². The number of benzene rings is 1. The van der Waals surface area contributed by atoms with Crippen LogP contribution in [0.1, 0.15) is 17.9 Å². The van der Waals surface area contributed by atoms with Gasteiger partial charge in [0.2, 0.25) is 10.0 Å². The van der Waals surface area contributed by atoms with E-state index in [2.05, 4.69) is 22.2 Å². The summed E-state index contributed by atoms with van der Waals surface area (Å²) >= 11 is 0. The summed E-state index contributed by atoms with van der Waals surface area (Å²) in [6, 6.07) is 8.17. The predicted molar refractivity (Wildman–Crippen MR) is 65.1 cm³/mol. The van der Waals surface area contributed by atoms with Gasteiger partial charge in [-0.25, -0.2) is 13.1 Å². The molecule has 1 heterocycles. The van der Waals surface area contributed by atoms with E-state index < -0.39 is 10.0 Å². The lowest BCUT2D eigenvalue weighted by atomic mass is 9.98. The Bertz CT molecular complexity index is 471. The lowest BCUT2D eigenvalue weighted by Crippen LogP contribution is -2.24. The van der Waals surface area contributed by atoms with Crippen molar-refractivity contribution >= 4 is 15.7 Å². The number of hydrogen-bond donors (Lipinski definition) is 2. The Kier molecular flexibility index (Phi) is 3.16. The molecule has 2 N–H and O–H groups in total. The van der Waals surface area contributed by atoms with Crippen molar-refractivity contribution in [2.75, 3.05) is 24.7 Å². The van der Waals surface area contributed by atoms with Crippen molar-refractivity contribution in [3.05, 3.63) is 29.8 Å². The molecule has 0 amide bonds. The maximum Gasteiger partial charge on any atom is 0.208 e. The van der Waals surface area contributed by atoms with Crippen molar-refractivity contribution in [2.45, 2.75) is 12.3 Å². The Hall–Kier alpha value is -1.07. The van der Waals surface area contributed by atoms with E-state index in [1.54, 1.807) is 0 Å². The topological polar surface area (TPSA) is 58.2 Å². The first-order valence-corrected chi connectivity index (χ1v) is 7.23. The molecule has 1 unspecified atom stereocenters. The maximum atomic E-state index is 10.9. The van der Waals surface area contributed by atoms with E-state index in [1.165, 1.54) is 17.5 Å². The molecule has 4 nitrogen and oxygen atoms in total. The Balaban J connectivity index is 1.94. The zero-order chi connectivity index (χ0) is 11.6. The molecule has 1 aromatic rings. The van der Waals surface area contributed by atoms with Crippen molar-refractivity contribution in [3.63, 3.8) is 0 Å². The van der Waals surface area contributed by atoms with Gasteiger partial charge in [0.15, 0.2) is 0 Å². The summed E-state index contributed by atoms with van der Waals surface area (Å²) in [5, 5.41) is 3.32. The SMILES string of the molecule is CS(=O)(=O)NCCC1CNc2ccccc21. The zero-order valence-electron chi connectivity index (χ0n) is 9.23. The number of sulfonamides is 1. The maximum absolute atomic E-state index is 10.9. The molecule has 1 aliphatic heterocycles. The van der Waals surface area contributed by atoms with E-state index in [0.29, 0.717) is 12.5 Å². The number of nitrogens with one attached hydrogen (secondary N) is 2. The molecular weight excluding hydrogens is 224 g/mol. The fourth-order valence-electron chi connectivity index (χ4n) is 2.03. The van der Waals surface area contributed by atoms with Gasteiger partial charge >= 0.3 is 0 Å². The van der Waals surface area contributed by atoms with Gasteiger partial charge in [0.25, 0.3) is 0 Å². The van der Waals surface area contributed by atoms with Crippen LogP contribution in [0.2, 0.25) is 0 Å². The Morgan fingerprint density at radius 3 is 2.94 bits per heavy atom. The predicted octanol–water partition coefficient (Wildman–Crippen LogP) is 1.13. The summed E-state index contributed by atoms with van der Waals surface area (Å²) < 4.78 is 24.4. The summed E-state index contributed by atoms with van der Waals surface area (Å²) in [6.45, 7) is 1.39. The third kappa shape index (κ3) is 2.74. The molecule has 0 spiro atoms. The summed E-state index contributed by atoms with van der Waals surface area (Å²) in [5.41, 5.74) is 2.46.